The number of anilines is 1. The van der Waals surface area contributed by atoms with E-state index in [0.717, 1.165) is 26.1 Å². The maximum absolute atomic E-state index is 4.26. The van der Waals surface area contributed by atoms with Crippen molar-refractivity contribution in [2.75, 3.05) is 25.6 Å². The number of hydrazine groups is 1. The van der Waals surface area contributed by atoms with Crippen molar-refractivity contribution in [3.05, 3.63) is 138 Å². The summed E-state index contributed by atoms with van der Waals surface area (Å²) in [6, 6.07) is 11.9. The van der Waals surface area contributed by atoms with Crippen LogP contribution in [0.1, 0.15) is 117 Å². The lowest BCUT2D eigenvalue weighted by Crippen LogP contribution is -2.54. The van der Waals surface area contributed by atoms with Crippen LogP contribution in [0, 0.1) is 46.3 Å². The molecule has 2 fully saturated rings. The van der Waals surface area contributed by atoms with E-state index in [2.05, 4.69) is 157 Å². The highest BCUT2D eigenvalue weighted by atomic mass is 15.7. The highest BCUT2D eigenvalue weighted by molar-refractivity contribution is 5.51. The van der Waals surface area contributed by atoms with Crippen LogP contribution in [0.2, 0.25) is 0 Å². The second kappa shape index (κ2) is 18.3. The molecule has 9 rings (SSSR count). The highest BCUT2D eigenvalue weighted by Crippen LogP contribution is 2.53. The molecule has 0 radical (unpaired) electrons. The number of allylic oxidation sites excluding steroid dienone is 18. The lowest BCUT2D eigenvalue weighted by molar-refractivity contribution is -0.0411. The maximum atomic E-state index is 4.26. The van der Waals surface area contributed by atoms with Gasteiger partial charge in [-0.3, -0.25) is 0 Å². The lowest BCUT2D eigenvalue weighted by atomic mass is 9.57. The number of rotatable bonds is 11. The molecule has 0 bridgehead atoms. The summed E-state index contributed by atoms with van der Waals surface area (Å²) in [6.45, 7) is 7.35. The first kappa shape index (κ1) is 40.9. The standard InChI is InChI=1S/C55H74N4/c1-54(36-32-42(33-37-54)41-26-29-46(30-27-41)55(2)35-16-15-24-50(55)44-19-9-5-10-20-44)53-34-38-58(3)59(53)40-56-51-31-28-45(39-49(51)43-17-7-4-8-18-43)48-23-13-14-25-52(48)57-47-21-11-6-12-22-47/h4,6-9,11-13,15-17,19-23,26,29,32,41,43,45-46,49-51,53,56-57H,5,10,14,18,24-25,27-28,30-31,33-40H2,1-3H3. The van der Waals surface area contributed by atoms with E-state index in [9.17, 15) is 0 Å². The molecule has 10 atom stereocenters. The van der Waals surface area contributed by atoms with Gasteiger partial charge in [0, 0.05) is 37.1 Å². The van der Waals surface area contributed by atoms with Crippen molar-refractivity contribution in [1.82, 2.24) is 15.3 Å². The molecule has 1 aromatic carbocycles. The van der Waals surface area contributed by atoms with Gasteiger partial charge in [-0.1, -0.05) is 123 Å². The zero-order chi connectivity index (χ0) is 40.2. The largest absolute Gasteiger partial charge is 0.359 e. The Morgan fingerprint density at radius 1 is 0.780 bits per heavy atom. The molecule has 59 heavy (non-hydrogen) atoms. The Morgan fingerprint density at radius 3 is 2.46 bits per heavy atom. The summed E-state index contributed by atoms with van der Waals surface area (Å²) in [5, 5.41) is 13.4. The van der Waals surface area contributed by atoms with E-state index >= 15 is 0 Å². The number of nitrogens with one attached hydrogen (secondary N) is 2. The Kier molecular flexibility index (Phi) is 12.7. The summed E-state index contributed by atoms with van der Waals surface area (Å²) in [7, 11) is 2.35. The molecule has 0 aromatic heterocycles. The molecular formula is C55H74N4. The van der Waals surface area contributed by atoms with Crippen molar-refractivity contribution in [2.45, 2.75) is 129 Å². The summed E-state index contributed by atoms with van der Waals surface area (Å²) in [5.41, 5.74) is 8.20. The first-order valence-corrected chi connectivity index (χ1v) is 24.0. The third kappa shape index (κ3) is 8.84. The minimum Gasteiger partial charge on any atom is -0.359 e. The number of nitrogens with zero attached hydrogens (tertiary/aromatic N) is 2. The molecule has 1 saturated heterocycles. The van der Waals surface area contributed by atoms with Crippen molar-refractivity contribution in [3.63, 3.8) is 0 Å². The van der Waals surface area contributed by atoms with Crippen LogP contribution in [-0.2, 0) is 0 Å². The molecule has 7 aliphatic carbocycles. The Bertz CT molecular complexity index is 1910. The van der Waals surface area contributed by atoms with E-state index in [0.29, 0.717) is 58.4 Å². The van der Waals surface area contributed by atoms with Crippen LogP contribution < -0.4 is 10.6 Å². The number of hydrogen-bond acceptors (Lipinski definition) is 4. The van der Waals surface area contributed by atoms with E-state index in [1.807, 2.05) is 0 Å². The molecule has 0 amide bonds. The topological polar surface area (TPSA) is 30.5 Å². The van der Waals surface area contributed by atoms with Crippen LogP contribution in [0.4, 0.5) is 5.69 Å². The van der Waals surface area contributed by atoms with Gasteiger partial charge in [0.1, 0.15) is 0 Å². The third-order valence-corrected chi connectivity index (χ3v) is 16.8. The normalized spacial score (nSPS) is 37.8. The molecule has 4 nitrogen and oxygen atoms in total. The van der Waals surface area contributed by atoms with Crippen molar-refractivity contribution in [3.8, 4) is 0 Å². The van der Waals surface area contributed by atoms with Crippen LogP contribution in [0.25, 0.3) is 0 Å². The predicted octanol–water partition coefficient (Wildman–Crippen LogP) is 13.0. The van der Waals surface area contributed by atoms with Crippen molar-refractivity contribution < 1.29 is 0 Å². The van der Waals surface area contributed by atoms with E-state index in [1.165, 1.54) is 101 Å². The summed E-state index contributed by atoms with van der Waals surface area (Å²) >= 11 is 0. The molecule has 1 heterocycles. The fourth-order valence-electron chi connectivity index (χ4n) is 13.1. The fourth-order valence-corrected chi connectivity index (χ4v) is 13.1. The highest BCUT2D eigenvalue weighted by Gasteiger charge is 2.46. The average molecular weight is 791 g/mol. The van der Waals surface area contributed by atoms with E-state index in [1.54, 1.807) is 16.7 Å². The van der Waals surface area contributed by atoms with Gasteiger partial charge in [0.15, 0.2) is 0 Å². The third-order valence-electron chi connectivity index (χ3n) is 16.8. The summed E-state index contributed by atoms with van der Waals surface area (Å²) in [5.74, 6) is 3.80. The second-order valence-corrected chi connectivity index (χ2v) is 20.3. The van der Waals surface area contributed by atoms with Gasteiger partial charge in [-0.15, -0.1) is 0 Å². The van der Waals surface area contributed by atoms with Gasteiger partial charge in [-0.05, 0) is 172 Å². The van der Waals surface area contributed by atoms with Gasteiger partial charge in [0.25, 0.3) is 0 Å². The summed E-state index contributed by atoms with van der Waals surface area (Å²) in [6.07, 6.45) is 54.5. The quantitative estimate of drug-likeness (QED) is 0.219. The van der Waals surface area contributed by atoms with E-state index < -0.39 is 0 Å². The summed E-state index contributed by atoms with van der Waals surface area (Å²) in [4.78, 5) is 0. The number of benzene rings is 1. The van der Waals surface area contributed by atoms with E-state index in [4.69, 9.17) is 0 Å². The molecule has 0 spiro atoms. The maximum Gasteiger partial charge on any atom is 0.0628 e. The molecule has 1 aromatic rings. The van der Waals surface area contributed by atoms with E-state index in [-0.39, 0.29) is 0 Å². The zero-order valence-electron chi connectivity index (χ0n) is 36.7. The minimum absolute atomic E-state index is 0.309. The van der Waals surface area contributed by atoms with Crippen molar-refractivity contribution in [2.24, 2.45) is 46.3 Å². The molecule has 1 aliphatic heterocycles. The molecule has 314 valence electrons. The smallest absolute Gasteiger partial charge is 0.0628 e. The van der Waals surface area contributed by atoms with Crippen LogP contribution in [0.5, 0.6) is 0 Å². The predicted molar refractivity (Wildman–Crippen MR) is 249 cm³/mol. The molecule has 10 unspecified atom stereocenters. The summed E-state index contributed by atoms with van der Waals surface area (Å²) < 4.78 is 0. The van der Waals surface area contributed by atoms with Crippen molar-refractivity contribution in [1.29, 1.82) is 0 Å². The van der Waals surface area contributed by atoms with Crippen LogP contribution in [0.15, 0.2) is 138 Å². The monoisotopic (exact) mass is 791 g/mol. The first-order chi connectivity index (χ1) is 28.9. The van der Waals surface area contributed by atoms with Crippen LogP contribution >= 0.6 is 0 Å². The molecule has 4 heteroatoms. The molecule has 2 N–H and O–H groups in total. The number of para-hydroxylation sites is 1. The van der Waals surface area contributed by atoms with Gasteiger partial charge in [-0.2, -0.15) is 0 Å². The van der Waals surface area contributed by atoms with Gasteiger partial charge in [0.2, 0.25) is 0 Å². The fraction of sp³-hybridized carbons (Fsp3) is 0.564. The van der Waals surface area contributed by atoms with Crippen molar-refractivity contribution >= 4 is 5.69 Å². The zero-order valence-corrected chi connectivity index (χ0v) is 36.7. The number of hydrogen-bond donors (Lipinski definition) is 2. The molecule has 8 aliphatic rings. The van der Waals surface area contributed by atoms with Crippen LogP contribution in [0.3, 0.4) is 0 Å². The lowest BCUT2D eigenvalue weighted by Gasteiger charge is -2.47. The van der Waals surface area contributed by atoms with Gasteiger partial charge in [0.05, 0.1) is 6.67 Å². The van der Waals surface area contributed by atoms with Gasteiger partial charge < -0.3 is 10.6 Å². The van der Waals surface area contributed by atoms with Crippen LogP contribution in [-0.4, -0.2) is 42.4 Å². The van der Waals surface area contributed by atoms with Gasteiger partial charge in [-0.25, -0.2) is 10.0 Å². The SMILES string of the molecule is CN1CCC(C2(C)CC=C(C3C=CC(C4(C)CC=CCC4C4=CCCC=C4)CC3)CC2)N1CNC1CCC(C2=C(Nc3ccccc3)CCC=C2)CC1C1C=CC=CC1. The Labute approximate surface area is 358 Å². The molecule has 1 saturated carbocycles. The Balaban J connectivity index is 0.842. The Hall–Kier alpha value is -3.44. The Morgan fingerprint density at radius 2 is 1.68 bits per heavy atom. The minimum atomic E-state index is 0.309. The first-order valence-electron chi connectivity index (χ1n) is 24.0. The second-order valence-electron chi connectivity index (χ2n) is 20.3. The average Bonchev–Trinajstić information content (AvgIpc) is 3.67. The molecular weight excluding hydrogens is 717 g/mol. The van der Waals surface area contributed by atoms with Gasteiger partial charge >= 0.3 is 0 Å².